The highest BCUT2D eigenvalue weighted by atomic mass is 16.2. The summed E-state index contributed by atoms with van der Waals surface area (Å²) in [5.74, 6) is 1.39. The first-order valence-corrected chi connectivity index (χ1v) is 7.20. The quantitative estimate of drug-likeness (QED) is 0.864. The van der Waals surface area contributed by atoms with E-state index in [0.717, 1.165) is 13.1 Å². The summed E-state index contributed by atoms with van der Waals surface area (Å²) in [5.41, 5.74) is 1.27. The molecular weight excluding hydrogens is 250 g/mol. The van der Waals surface area contributed by atoms with Crippen molar-refractivity contribution in [3.63, 3.8) is 0 Å². The van der Waals surface area contributed by atoms with Crippen LogP contribution in [-0.2, 0) is 4.79 Å². The van der Waals surface area contributed by atoms with Crippen LogP contribution in [0.3, 0.4) is 0 Å². The fourth-order valence-electron chi connectivity index (χ4n) is 3.17. The molecule has 4 nitrogen and oxygen atoms in total. The van der Waals surface area contributed by atoms with Gasteiger partial charge in [0.1, 0.15) is 0 Å². The Hall–Kier alpha value is -1.86. The molecule has 1 aromatic rings. The van der Waals surface area contributed by atoms with E-state index in [-0.39, 0.29) is 5.91 Å². The second-order valence-electron chi connectivity index (χ2n) is 6.02. The first-order chi connectivity index (χ1) is 9.56. The molecule has 2 N–H and O–H groups in total. The van der Waals surface area contributed by atoms with Gasteiger partial charge in [-0.1, -0.05) is 19.9 Å². The lowest BCUT2D eigenvalue weighted by Gasteiger charge is -2.31. The Balaban J connectivity index is 1.90. The maximum atomic E-state index is 12.1. The SMILES string of the molecule is C[C@@H]1C[C@@H](C)C[NH+](CC(=O)Nc2cccc(C#N)c2)C1. The van der Waals surface area contributed by atoms with Gasteiger partial charge >= 0.3 is 0 Å². The van der Waals surface area contributed by atoms with Crippen molar-refractivity contribution in [2.75, 3.05) is 25.0 Å². The predicted octanol–water partition coefficient (Wildman–Crippen LogP) is 1.06. The van der Waals surface area contributed by atoms with Gasteiger partial charge in [0.05, 0.1) is 24.7 Å². The van der Waals surface area contributed by atoms with Gasteiger partial charge in [-0.15, -0.1) is 0 Å². The second kappa shape index (κ2) is 6.53. The van der Waals surface area contributed by atoms with Crippen LogP contribution in [0.25, 0.3) is 0 Å². The molecule has 1 saturated heterocycles. The van der Waals surface area contributed by atoms with Crippen LogP contribution in [0.5, 0.6) is 0 Å². The van der Waals surface area contributed by atoms with E-state index in [2.05, 4.69) is 25.2 Å². The lowest BCUT2D eigenvalue weighted by molar-refractivity contribution is -0.904. The number of nitrogens with zero attached hydrogens (tertiary/aromatic N) is 1. The molecule has 1 aliphatic rings. The zero-order valence-corrected chi connectivity index (χ0v) is 12.1. The third kappa shape index (κ3) is 4.07. The molecule has 1 aliphatic heterocycles. The van der Waals surface area contributed by atoms with Crippen molar-refractivity contribution in [1.82, 2.24) is 0 Å². The van der Waals surface area contributed by atoms with E-state index >= 15 is 0 Å². The second-order valence-corrected chi connectivity index (χ2v) is 6.02. The molecule has 0 spiro atoms. The summed E-state index contributed by atoms with van der Waals surface area (Å²) in [5, 5.41) is 11.7. The summed E-state index contributed by atoms with van der Waals surface area (Å²) in [6.07, 6.45) is 1.26. The van der Waals surface area contributed by atoms with Crippen LogP contribution in [0.2, 0.25) is 0 Å². The zero-order valence-electron chi connectivity index (χ0n) is 12.1. The van der Waals surface area contributed by atoms with Crippen LogP contribution in [0.15, 0.2) is 24.3 Å². The number of nitriles is 1. The van der Waals surface area contributed by atoms with Gasteiger partial charge in [-0.2, -0.15) is 5.26 Å². The molecule has 1 aromatic carbocycles. The molecule has 1 fully saturated rings. The molecule has 0 saturated carbocycles. The van der Waals surface area contributed by atoms with Crippen LogP contribution in [-0.4, -0.2) is 25.5 Å². The summed E-state index contributed by atoms with van der Waals surface area (Å²) < 4.78 is 0. The van der Waals surface area contributed by atoms with Gasteiger partial charge in [0, 0.05) is 17.5 Å². The maximum absolute atomic E-state index is 12.1. The Labute approximate surface area is 120 Å². The van der Waals surface area contributed by atoms with Crippen LogP contribution >= 0.6 is 0 Å². The summed E-state index contributed by atoms with van der Waals surface area (Å²) in [7, 11) is 0. The van der Waals surface area contributed by atoms with Crippen molar-refractivity contribution < 1.29 is 9.69 Å². The number of piperidine rings is 1. The summed E-state index contributed by atoms with van der Waals surface area (Å²) in [6, 6.07) is 9.11. The van der Waals surface area contributed by atoms with Gasteiger partial charge in [0.25, 0.3) is 5.91 Å². The fraction of sp³-hybridized carbons (Fsp3) is 0.500. The molecule has 0 radical (unpaired) electrons. The molecule has 4 heteroatoms. The lowest BCUT2D eigenvalue weighted by Crippen LogP contribution is -3.15. The van der Waals surface area contributed by atoms with Crippen LogP contribution < -0.4 is 10.2 Å². The number of quaternary nitrogens is 1. The smallest absolute Gasteiger partial charge is 0.279 e. The largest absolute Gasteiger partial charge is 0.327 e. The molecule has 0 bridgehead atoms. The van der Waals surface area contributed by atoms with E-state index in [0.29, 0.717) is 29.6 Å². The van der Waals surface area contributed by atoms with E-state index in [1.165, 1.54) is 11.3 Å². The average Bonchev–Trinajstić information content (AvgIpc) is 2.37. The molecule has 2 rings (SSSR count). The topological polar surface area (TPSA) is 57.3 Å². The van der Waals surface area contributed by atoms with Gasteiger partial charge < -0.3 is 10.2 Å². The number of hydrogen-bond acceptors (Lipinski definition) is 2. The summed E-state index contributed by atoms with van der Waals surface area (Å²) in [6.45, 7) is 7.14. The van der Waals surface area contributed by atoms with Crippen molar-refractivity contribution in [2.24, 2.45) is 11.8 Å². The van der Waals surface area contributed by atoms with Gasteiger partial charge in [-0.05, 0) is 24.6 Å². The van der Waals surface area contributed by atoms with Crippen molar-refractivity contribution in [3.8, 4) is 6.07 Å². The first kappa shape index (κ1) is 14.5. The van der Waals surface area contributed by atoms with Gasteiger partial charge in [-0.3, -0.25) is 4.79 Å². The van der Waals surface area contributed by atoms with Crippen molar-refractivity contribution >= 4 is 11.6 Å². The molecule has 1 heterocycles. The zero-order chi connectivity index (χ0) is 14.5. The number of likely N-dealkylation sites (tertiary alicyclic amines) is 1. The Morgan fingerprint density at radius 3 is 2.75 bits per heavy atom. The number of amides is 1. The molecule has 2 atom stereocenters. The molecule has 106 valence electrons. The fourth-order valence-corrected chi connectivity index (χ4v) is 3.17. The van der Waals surface area contributed by atoms with Crippen molar-refractivity contribution in [2.45, 2.75) is 20.3 Å². The number of carbonyl (C=O) groups excluding carboxylic acids is 1. The van der Waals surface area contributed by atoms with E-state index in [1.54, 1.807) is 18.2 Å². The number of carbonyl (C=O) groups is 1. The number of anilines is 1. The number of benzene rings is 1. The lowest BCUT2D eigenvalue weighted by atomic mass is 9.92. The third-order valence-corrected chi connectivity index (χ3v) is 3.76. The molecule has 0 unspecified atom stereocenters. The molecular formula is C16H22N3O+. The standard InChI is InChI=1S/C16H21N3O/c1-12-6-13(2)10-19(9-12)11-16(20)18-15-5-3-4-14(7-15)8-17/h3-5,7,12-13H,6,9-11H2,1-2H3,(H,18,20)/p+1/t12-,13-/m1/s1. The minimum absolute atomic E-state index is 0.0244. The van der Waals surface area contributed by atoms with E-state index in [1.807, 2.05) is 6.07 Å². The number of hydrogen-bond donors (Lipinski definition) is 2. The normalized spacial score (nSPS) is 25.8. The van der Waals surface area contributed by atoms with Gasteiger partial charge in [0.2, 0.25) is 0 Å². The maximum Gasteiger partial charge on any atom is 0.279 e. The Morgan fingerprint density at radius 1 is 1.40 bits per heavy atom. The van der Waals surface area contributed by atoms with Gasteiger partial charge in [-0.25, -0.2) is 0 Å². The Morgan fingerprint density at radius 2 is 2.10 bits per heavy atom. The monoisotopic (exact) mass is 272 g/mol. The van der Waals surface area contributed by atoms with Crippen LogP contribution in [0.4, 0.5) is 5.69 Å². The highest BCUT2D eigenvalue weighted by Crippen LogP contribution is 2.12. The minimum atomic E-state index is 0.0244. The van der Waals surface area contributed by atoms with E-state index in [9.17, 15) is 4.79 Å². The number of nitrogens with one attached hydrogen (secondary N) is 2. The molecule has 1 amide bonds. The average molecular weight is 272 g/mol. The van der Waals surface area contributed by atoms with Crippen LogP contribution in [0.1, 0.15) is 25.8 Å². The van der Waals surface area contributed by atoms with Gasteiger partial charge in [0.15, 0.2) is 6.54 Å². The minimum Gasteiger partial charge on any atom is -0.327 e. The molecule has 20 heavy (non-hydrogen) atoms. The van der Waals surface area contributed by atoms with Crippen molar-refractivity contribution in [1.29, 1.82) is 5.26 Å². The van der Waals surface area contributed by atoms with E-state index < -0.39 is 0 Å². The molecule has 0 aromatic heterocycles. The number of rotatable bonds is 3. The highest BCUT2D eigenvalue weighted by Gasteiger charge is 2.26. The first-order valence-electron chi connectivity index (χ1n) is 7.20. The van der Waals surface area contributed by atoms with Crippen molar-refractivity contribution in [3.05, 3.63) is 29.8 Å². The predicted molar refractivity (Wildman–Crippen MR) is 78.3 cm³/mol. The Bertz CT molecular complexity index is 511. The molecule has 0 aliphatic carbocycles. The summed E-state index contributed by atoms with van der Waals surface area (Å²) >= 11 is 0. The summed E-state index contributed by atoms with van der Waals surface area (Å²) in [4.78, 5) is 13.4. The van der Waals surface area contributed by atoms with E-state index in [4.69, 9.17) is 5.26 Å². The Kier molecular flexibility index (Phi) is 4.75. The highest BCUT2D eigenvalue weighted by molar-refractivity contribution is 5.91. The van der Waals surface area contributed by atoms with Crippen LogP contribution in [0, 0.1) is 23.2 Å². The third-order valence-electron chi connectivity index (χ3n) is 3.76.